The molecule has 3 heteroatoms. The van der Waals surface area contributed by atoms with Crippen LogP contribution in [0, 0.1) is 0 Å². The van der Waals surface area contributed by atoms with Gasteiger partial charge in [0, 0.05) is 19.1 Å². The van der Waals surface area contributed by atoms with Gasteiger partial charge in [0.1, 0.15) is 0 Å². The van der Waals surface area contributed by atoms with Crippen molar-refractivity contribution in [2.45, 2.75) is 25.9 Å². The lowest BCUT2D eigenvalue weighted by atomic mass is 10.0. The summed E-state index contributed by atoms with van der Waals surface area (Å²) in [6.45, 7) is 3.96. The summed E-state index contributed by atoms with van der Waals surface area (Å²) in [6.07, 6.45) is 1.07. The summed E-state index contributed by atoms with van der Waals surface area (Å²) >= 11 is 0. The summed E-state index contributed by atoms with van der Waals surface area (Å²) in [6, 6.07) is 19.2. The Morgan fingerprint density at radius 3 is 2.14 bits per heavy atom. The van der Waals surface area contributed by atoms with Crippen LogP contribution in [0.5, 0.6) is 0 Å². The summed E-state index contributed by atoms with van der Waals surface area (Å²) in [5.74, 6) is 0. The maximum atomic E-state index is 6.30. The highest BCUT2D eigenvalue weighted by molar-refractivity contribution is 5.85. The molecule has 1 unspecified atom stereocenters. The highest BCUT2D eigenvalue weighted by Crippen LogP contribution is 2.14. The first-order valence-electron chi connectivity index (χ1n) is 7.26. The van der Waals surface area contributed by atoms with Crippen molar-refractivity contribution >= 4 is 12.4 Å². The molecular formula is C18H25ClN2. The van der Waals surface area contributed by atoms with E-state index in [1.165, 1.54) is 16.7 Å². The molecule has 0 bridgehead atoms. The molecule has 0 aliphatic carbocycles. The highest BCUT2D eigenvalue weighted by atomic mass is 35.5. The minimum absolute atomic E-state index is 0. The topological polar surface area (TPSA) is 29.3 Å². The maximum Gasteiger partial charge on any atom is 0.0424 e. The number of aryl methyl sites for hydroxylation is 1. The van der Waals surface area contributed by atoms with Gasteiger partial charge in [0.25, 0.3) is 0 Å². The number of nitrogens with two attached hydrogens (primary N) is 1. The normalized spacial score (nSPS) is 12.0. The van der Waals surface area contributed by atoms with Gasteiger partial charge >= 0.3 is 0 Å². The Bertz CT molecular complexity index is 511. The number of benzene rings is 2. The van der Waals surface area contributed by atoms with E-state index >= 15 is 0 Å². The minimum atomic E-state index is 0. The molecule has 0 aromatic heterocycles. The molecule has 0 fully saturated rings. The predicted octanol–water partition coefficient (Wildman–Crippen LogP) is 3.80. The van der Waals surface area contributed by atoms with Crippen molar-refractivity contribution < 1.29 is 0 Å². The number of halogens is 1. The van der Waals surface area contributed by atoms with Crippen LogP contribution in [0.3, 0.4) is 0 Å². The molecule has 0 spiro atoms. The molecule has 2 N–H and O–H groups in total. The molecule has 2 rings (SSSR count). The molecule has 21 heavy (non-hydrogen) atoms. The number of hydrogen-bond donors (Lipinski definition) is 1. The van der Waals surface area contributed by atoms with Gasteiger partial charge in [-0.1, -0.05) is 61.5 Å². The fraction of sp³-hybridized carbons (Fsp3) is 0.333. The Kier molecular flexibility index (Phi) is 7.44. The van der Waals surface area contributed by atoms with Crippen molar-refractivity contribution in [3.63, 3.8) is 0 Å². The fourth-order valence-electron chi connectivity index (χ4n) is 2.40. The molecule has 0 radical (unpaired) electrons. The van der Waals surface area contributed by atoms with Crippen LogP contribution in [0.1, 0.15) is 29.7 Å². The van der Waals surface area contributed by atoms with Crippen LogP contribution in [-0.4, -0.2) is 18.5 Å². The number of likely N-dealkylation sites (N-methyl/N-ethyl adjacent to an activating group) is 1. The van der Waals surface area contributed by atoms with E-state index in [-0.39, 0.29) is 18.4 Å². The lowest BCUT2D eigenvalue weighted by Crippen LogP contribution is -2.28. The molecule has 0 amide bonds. The SMILES string of the molecule is CCc1ccc(C(N)CN(C)Cc2ccccc2)cc1.Cl. The molecule has 0 saturated carbocycles. The van der Waals surface area contributed by atoms with Gasteiger partial charge in [0.05, 0.1) is 0 Å². The zero-order valence-electron chi connectivity index (χ0n) is 12.8. The molecule has 2 aromatic carbocycles. The monoisotopic (exact) mass is 304 g/mol. The Morgan fingerprint density at radius 2 is 1.57 bits per heavy atom. The number of rotatable bonds is 6. The first-order chi connectivity index (χ1) is 9.69. The van der Waals surface area contributed by atoms with Gasteiger partial charge in [0.15, 0.2) is 0 Å². The van der Waals surface area contributed by atoms with Crippen molar-refractivity contribution in [3.05, 3.63) is 71.3 Å². The largest absolute Gasteiger partial charge is 0.323 e. The second-order valence-electron chi connectivity index (χ2n) is 5.38. The van der Waals surface area contributed by atoms with E-state index in [0.717, 1.165) is 19.5 Å². The molecule has 0 aliphatic heterocycles. The van der Waals surface area contributed by atoms with Gasteiger partial charge in [-0.25, -0.2) is 0 Å². The minimum Gasteiger partial charge on any atom is -0.323 e. The average molecular weight is 305 g/mol. The van der Waals surface area contributed by atoms with E-state index in [0.29, 0.717) is 0 Å². The van der Waals surface area contributed by atoms with Crippen molar-refractivity contribution in [2.75, 3.05) is 13.6 Å². The van der Waals surface area contributed by atoms with E-state index in [1.807, 2.05) is 6.07 Å². The second-order valence-corrected chi connectivity index (χ2v) is 5.38. The van der Waals surface area contributed by atoms with Crippen LogP contribution >= 0.6 is 12.4 Å². The molecular weight excluding hydrogens is 280 g/mol. The van der Waals surface area contributed by atoms with E-state index in [1.54, 1.807) is 0 Å². The van der Waals surface area contributed by atoms with Crippen LogP contribution in [0.25, 0.3) is 0 Å². The average Bonchev–Trinajstić information content (AvgIpc) is 2.48. The summed E-state index contributed by atoms with van der Waals surface area (Å²) in [7, 11) is 2.12. The van der Waals surface area contributed by atoms with Crippen molar-refractivity contribution in [3.8, 4) is 0 Å². The summed E-state index contributed by atoms with van der Waals surface area (Å²) in [5.41, 5.74) is 10.2. The van der Waals surface area contributed by atoms with E-state index < -0.39 is 0 Å². The molecule has 2 nitrogen and oxygen atoms in total. The second kappa shape index (κ2) is 8.83. The van der Waals surface area contributed by atoms with Gasteiger partial charge in [-0.3, -0.25) is 0 Å². The lowest BCUT2D eigenvalue weighted by Gasteiger charge is -2.21. The van der Waals surface area contributed by atoms with Gasteiger partial charge < -0.3 is 10.6 Å². The maximum absolute atomic E-state index is 6.30. The van der Waals surface area contributed by atoms with Crippen LogP contribution in [0.4, 0.5) is 0 Å². The van der Waals surface area contributed by atoms with Crippen molar-refractivity contribution in [1.29, 1.82) is 0 Å². The van der Waals surface area contributed by atoms with Gasteiger partial charge in [-0.05, 0) is 30.2 Å². The third kappa shape index (κ3) is 5.50. The highest BCUT2D eigenvalue weighted by Gasteiger charge is 2.09. The molecule has 0 aliphatic rings. The predicted molar refractivity (Wildman–Crippen MR) is 92.8 cm³/mol. The van der Waals surface area contributed by atoms with E-state index in [9.17, 15) is 0 Å². The van der Waals surface area contributed by atoms with Crippen LogP contribution in [-0.2, 0) is 13.0 Å². The van der Waals surface area contributed by atoms with Gasteiger partial charge in [0.2, 0.25) is 0 Å². The number of nitrogens with zero attached hydrogens (tertiary/aromatic N) is 1. The van der Waals surface area contributed by atoms with Crippen molar-refractivity contribution in [2.24, 2.45) is 5.73 Å². The zero-order chi connectivity index (χ0) is 14.4. The molecule has 114 valence electrons. The van der Waals surface area contributed by atoms with E-state index in [4.69, 9.17) is 5.73 Å². The summed E-state index contributed by atoms with van der Waals surface area (Å²) in [5, 5.41) is 0. The Labute approximate surface area is 134 Å². The Morgan fingerprint density at radius 1 is 0.952 bits per heavy atom. The van der Waals surface area contributed by atoms with Crippen molar-refractivity contribution in [1.82, 2.24) is 4.90 Å². The van der Waals surface area contributed by atoms with Crippen LogP contribution in [0.2, 0.25) is 0 Å². The molecule has 2 aromatic rings. The smallest absolute Gasteiger partial charge is 0.0424 e. The van der Waals surface area contributed by atoms with Crippen LogP contribution in [0.15, 0.2) is 54.6 Å². The molecule has 0 heterocycles. The quantitative estimate of drug-likeness (QED) is 0.879. The third-order valence-corrected chi connectivity index (χ3v) is 3.62. The summed E-state index contributed by atoms with van der Waals surface area (Å²) < 4.78 is 0. The number of hydrogen-bond acceptors (Lipinski definition) is 2. The molecule has 1 atom stereocenters. The van der Waals surface area contributed by atoms with Gasteiger partial charge in [-0.15, -0.1) is 12.4 Å². The van der Waals surface area contributed by atoms with Crippen LogP contribution < -0.4 is 5.73 Å². The van der Waals surface area contributed by atoms with E-state index in [2.05, 4.69) is 67.4 Å². The zero-order valence-corrected chi connectivity index (χ0v) is 13.6. The first kappa shape index (κ1) is 17.7. The Hall–Kier alpha value is -1.35. The lowest BCUT2D eigenvalue weighted by molar-refractivity contribution is 0.305. The molecule has 0 saturated heterocycles. The first-order valence-corrected chi connectivity index (χ1v) is 7.26. The fourth-order valence-corrected chi connectivity index (χ4v) is 2.40. The Balaban J connectivity index is 0.00000220. The standard InChI is InChI=1S/C18H24N2.ClH/c1-3-15-9-11-17(12-10-15)18(19)14-20(2)13-16-7-5-4-6-8-16;/h4-12,18H,3,13-14,19H2,1-2H3;1H. The summed E-state index contributed by atoms with van der Waals surface area (Å²) in [4.78, 5) is 2.27. The van der Waals surface area contributed by atoms with Gasteiger partial charge in [-0.2, -0.15) is 0 Å². The third-order valence-electron chi connectivity index (χ3n) is 3.62.